The molecule has 0 spiro atoms. The number of carbonyl (C=O) groups excluding carboxylic acids is 2. The van der Waals surface area contributed by atoms with Gasteiger partial charge in [-0.05, 0) is 59.4 Å². The van der Waals surface area contributed by atoms with Crippen LogP contribution >= 0.6 is 0 Å². The maximum absolute atomic E-state index is 13.4. The predicted molar refractivity (Wildman–Crippen MR) is 163 cm³/mol. The van der Waals surface area contributed by atoms with Crippen LogP contribution < -0.4 is 16.4 Å². The molecule has 0 heterocycles. The van der Waals surface area contributed by atoms with E-state index in [2.05, 4.69) is 10.6 Å². The molecule has 3 aromatic carbocycles. The van der Waals surface area contributed by atoms with Crippen LogP contribution in [0.4, 0.5) is 5.69 Å². The molecule has 10 heteroatoms. The van der Waals surface area contributed by atoms with E-state index in [1.54, 1.807) is 12.1 Å². The van der Waals surface area contributed by atoms with Crippen molar-refractivity contribution in [3.8, 4) is 0 Å². The average Bonchev–Trinajstić information content (AvgIpc) is 2.93. The van der Waals surface area contributed by atoms with Crippen LogP contribution in [-0.2, 0) is 26.0 Å². The first-order valence-electron chi connectivity index (χ1n) is 14.0. The van der Waals surface area contributed by atoms with Crippen molar-refractivity contribution >= 4 is 38.3 Å². The molecule has 2 atom stereocenters. The number of nitrogens with zero attached hydrogens (tertiary/aromatic N) is 1. The third kappa shape index (κ3) is 9.27. The summed E-state index contributed by atoms with van der Waals surface area (Å²) in [6.07, 6.45) is 1.96. The molecule has 2 unspecified atom stereocenters. The highest BCUT2D eigenvalue weighted by atomic mass is 32.2. The molecular formula is C31H42N4O5S. The lowest BCUT2D eigenvalue weighted by Crippen LogP contribution is -2.47. The van der Waals surface area contributed by atoms with E-state index in [-0.39, 0.29) is 35.8 Å². The number of unbranched alkanes of at least 4 members (excludes halogenated alkanes) is 1. The molecule has 0 saturated carbocycles. The summed E-state index contributed by atoms with van der Waals surface area (Å²) >= 11 is 0. The zero-order valence-corrected chi connectivity index (χ0v) is 24.9. The number of sulfonamides is 1. The van der Waals surface area contributed by atoms with Gasteiger partial charge in [0.1, 0.15) is 6.04 Å². The number of nitrogens with one attached hydrogen (secondary N) is 2. The number of nitrogens with two attached hydrogens (primary N) is 1. The standard InChI is InChI=1S/C31H42N4O5S/c1-22(2)20-35(41(39,40)29-15-13-27(32)14-16-29)28(21-36)10-6-7-17-33-31(38)30(34-23(3)37)19-24-11-12-25-8-4-5-9-26(25)18-24/h4-5,8-9,11-16,18,22,28,30,36H,6-7,10,17,19-21,32H2,1-3H3,(H,33,38)(H,34,37). The second-order valence-corrected chi connectivity index (χ2v) is 12.7. The first kappa shape index (κ1) is 32.0. The molecule has 3 rings (SSSR count). The van der Waals surface area contributed by atoms with Crippen molar-refractivity contribution in [3.05, 3.63) is 72.3 Å². The van der Waals surface area contributed by atoms with E-state index in [0.717, 1.165) is 16.3 Å². The van der Waals surface area contributed by atoms with E-state index < -0.39 is 22.1 Å². The second-order valence-electron chi connectivity index (χ2n) is 10.8. The molecule has 0 aromatic heterocycles. The zero-order valence-electron chi connectivity index (χ0n) is 24.0. The van der Waals surface area contributed by atoms with Crippen LogP contribution in [-0.4, -0.2) is 61.4 Å². The van der Waals surface area contributed by atoms with Crippen molar-refractivity contribution in [2.75, 3.05) is 25.4 Å². The van der Waals surface area contributed by atoms with E-state index in [4.69, 9.17) is 5.73 Å². The highest BCUT2D eigenvalue weighted by molar-refractivity contribution is 7.89. The summed E-state index contributed by atoms with van der Waals surface area (Å²) in [6, 6.07) is 18.7. The van der Waals surface area contributed by atoms with Gasteiger partial charge in [0.25, 0.3) is 0 Å². The average molecular weight is 583 g/mol. The molecule has 5 N–H and O–H groups in total. The molecule has 222 valence electrons. The number of fused-ring (bicyclic) bond motifs is 1. The Balaban J connectivity index is 1.58. The number of aliphatic hydroxyl groups is 1. The van der Waals surface area contributed by atoms with E-state index in [0.29, 0.717) is 37.9 Å². The van der Waals surface area contributed by atoms with Gasteiger partial charge in [0, 0.05) is 38.2 Å². The fraction of sp³-hybridized carbons (Fsp3) is 0.419. The first-order valence-corrected chi connectivity index (χ1v) is 15.5. The van der Waals surface area contributed by atoms with Crippen LogP contribution in [0.3, 0.4) is 0 Å². The molecule has 0 radical (unpaired) electrons. The SMILES string of the molecule is CC(=O)NC(Cc1ccc2ccccc2c1)C(=O)NCCCCC(CO)N(CC(C)C)S(=O)(=O)c1ccc(N)cc1. The molecule has 0 fully saturated rings. The van der Waals surface area contributed by atoms with Crippen molar-refractivity contribution in [2.45, 2.75) is 63.4 Å². The van der Waals surface area contributed by atoms with Gasteiger partial charge in [-0.3, -0.25) is 9.59 Å². The highest BCUT2D eigenvalue weighted by Crippen LogP contribution is 2.23. The van der Waals surface area contributed by atoms with Gasteiger partial charge >= 0.3 is 0 Å². The summed E-state index contributed by atoms with van der Waals surface area (Å²) in [5.41, 5.74) is 7.14. The van der Waals surface area contributed by atoms with Crippen molar-refractivity contribution in [1.29, 1.82) is 0 Å². The van der Waals surface area contributed by atoms with Crippen molar-refractivity contribution in [3.63, 3.8) is 0 Å². The number of hydrogen-bond donors (Lipinski definition) is 4. The molecule has 0 saturated heterocycles. The molecule has 0 aliphatic carbocycles. The number of benzene rings is 3. The number of amides is 2. The van der Waals surface area contributed by atoms with Crippen LogP contribution in [0.15, 0.2) is 71.6 Å². The Labute approximate surface area is 243 Å². The Morgan fingerprint density at radius 3 is 2.29 bits per heavy atom. The highest BCUT2D eigenvalue weighted by Gasteiger charge is 2.31. The predicted octanol–water partition coefficient (Wildman–Crippen LogP) is 3.46. The second kappa shape index (κ2) is 15.0. The molecule has 9 nitrogen and oxygen atoms in total. The molecular weight excluding hydrogens is 540 g/mol. The van der Waals surface area contributed by atoms with Crippen LogP contribution in [0.1, 0.15) is 45.6 Å². The number of hydrogen-bond acceptors (Lipinski definition) is 6. The Morgan fingerprint density at radius 2 is 1.66 bits per heavy atom. The molecule has 0 bridgehead atoms. The minimum absolute atomic E-state index is 0.0557. The summed E-state index contributed by atoms with van der Waals surface area (Å²) in [5, 5.41) is 18.0. The summed E-state index contributed by atoms with van der Waals surface area (Å²) < 4.78 is 28.2. The number of aliphatic hydroxyl groups excluding tert-OH is 1. The maximum atomic E-state index is 13.4. The Morgan fingerprint density at radius 1 is 0.976 bits per heavy atom. The molecule has 0 aliphatic rings. The lowest BCUT2D eigenvalue weighted by Gasteiger charge is -2.31. The summed E-state index contributed by atoms with van der Waals surface area (Å²) in [6.45, 7) is 5.56. The first-order chi connectivity index (χ1) is 19.5. The van der Waals surface area contributed by atoms with Crippen molar-refractivity contribution in [1.82, 2.24) is 14.9 Å². The number of rotatable bonds is 15. The van der Waals surface area contributed by atoms with Crippen LogP contribution in [0.5, 0.6) is 0 Å². The quantitative estimate of drug-likeness (QED) is 0.160. The lowest BCUT2D eigenvalue weighted by atomic mass is 10.0. The van der Waals surface area contributed by atoms with Gasteiger partial charge in [-0.2, -0.15) is 4.31 Å². The minimum atomic E-state index is -3.84. The summed E-state index contributed by atoms with van der Waals surface area (Å²) in [5.74, 6) is -0.510. The molecule has 2 amide bonds. The van der Waals surface area contributed by atoms with Crippen molar-refractivity contribution < 1.29 is 23.1 Å². The molecule has 3 aromatic rings. The Kier molecular flexibility index (Phi) is 11.7. The van der Waals surface area contributed by atoms with Gasteiger partial charge in [-0.1, -0.05) is 62.7 Å². The van der Waals surface area contributed by atoms with E-state index in [9.17, 15) is 23.1 Å². The number of carbonyl (C=O) groups is 2. The third-order valence-corrected chi connectivity index (χ3v) is 8.79. The number of anilines is 1. The Hall–Kier alpha value is -3.47. The fourth-order valence-corrected chi connectivity index (χ4v) is 6.61. The minimum Gasteiger partial charge on any atom is -0.399 e. The van der Waals surface area contributed by atoms with Gasteiger partial charge in [-0.15, -0.1) is 0 Å². The zero-order chi connectivity index (χ0) is 30.0. The van der Waals surface area contributed by atoms with Crippen molar-refractivity contribution in [2.24, 2.45) is 5.92 Å². The lowest BCUT2D eigenvalue weighted by molar-refractivity contribution is -0.128. The van der Waals surface area contributed by atoms with Crippen LogP contribution in [0.2, 0.25) is 0 Å². The Bertz CT molecular complexity index is 1410. The smallest absolute Gasteiger partial charge is 0.243 e. The van der Waals surface area contributed by atoms with Crippen LogP contribution in [0, 0.1) is 5.92 Å². The largest absolute Gasteiger partial charge is 0.399 e. The summed E-state index contributed by atoms with van der Waals surface area (Å²) in [7, 11) is -3.84. The third-order valence-electron chi connectivity index (χ3n) is 6.86. The van der Waals surface area contributed by atoms with Gasteiger partial charge in [0.05, 0.1) is 11.5 Å². The normalized spacial score (nSPS) is 13.3. The molecule has 41 heavy (non-hydrogen) atoms. The monoisotopic (exact) mass is 582 g/mol. The number of nitrogen functional groups attached to an aromatic ring is 1. The van der Waals surface area contributed by atoms with E-state index in [1.807, 2.05) is 56.3 Å². The summed E-state index contributed by atoms with van der Waals surface area (Å²) in [4.78, 5) is 24.9. The van der Waals surface area contributed by atoms with Gasteiger partial charge < -0.3 is 21.5 Å². The molecule has 0 aliphatic heterocycles. The maximum Gasteiger partial charge on any atom is 0.243 e. The topological polar surface area (TPSA) is 142 Å². The van der Waals surface area contributed by atoms with Gasteiger partial charge in [-0.25, -0.2) is 8.42 Å². The van der Waals surface area contributed by atoms with Gasteiger partial charge in [0.15, 0.2) is 0 Å². The fourth-order valence-electron chi connectivity index (χ4n) is 4.80. The van der Waals surface area contributed by atoms with Gasteiger partial charge in [0.2, 0.25) is 21.8 Å². The van der Waals surface area contributed by atoms with E-state index in [1.165, 1.54) is 23.4 Å². The van der Waals surface area contributed by atoms with Crippen LogP contribution in [0.25, 0.3) is 10.8 Å². The van der Waals surface area contributed by atoms with E-state index >= 15 is 0 Å².